The number of alkyl halides is 2. The van der Waals surface area contributed by atoms with Crippen LogP contribution in [0, 0.1) is 0 Å². The largest absolute Gasteiger partial charge is 0.125 e. The first-order chi connectivity index (χ1) is 4.98. The van der Waals surface area contributed by atoms with Crippen LogP contribution >= 0.6 is 23.2 Å². The second-order valence-electron chi connectivity index (χ2n) is 2.07. The minimum Gasteiger partial charge on any atom is -0.125 e. The first-order valence-electron chi connectivity index (χ1n) is 4.31. The van der Waals surface area contributed by atoms with E-state index in [-0.39, 0.29) is 0 Å². The quantitative estimate of drug-likeness (QED) is 0.439. The first kappa shape index (κ1) is 6.30. The lowest BCUT2D eigenvalue weighted by Crippen LogP contribution is -1.98. The standard InChI is InChI=1S/C7H14Cl2/c1-2-3-4-5-7(9)6-8/h7H,2-6H2,1H3/i6D2. The zero-order valence-corrected chi connectivity index (χ0v) is 7.17. The smallest absolute Gasteiger partial charge is 0.0471 e. The second-order valence-corrected chi connectivity index (χ2v) is 2.82. The molecule has 0 aromatic carbocycles. The van der Waals surface area contributed by atoms with Crippen LogP contribution in [0.5, 0.6) is 0 Å². The van der Waals surface area contributed by atoms with E-state index >= 15 is 0 Å². The Morgan fingerprint density at radius 3 is 2.67 bits per heavy atom. The van der Waals surface area contributed by atoms with Crippen molar-refractivity contribution in [3.63, 3.8) is 0 Å². The van der Waals surface area contributed by atoms with E-state index < -0.39 is 11.2 Å². The Hall–Kier alpha value is 0.580. The monoisotopic (exact) mass is 170 g/mol. The van der Waals surface area contributed by atoms with Gasteiger partial charge in [0.2, 0.25) is 0 Å². The molecule has 0 nitrogen and oxygen atoms in total. The molecule has 0 rings (SSSR count). The Morgan fingerprint density at radius 1 is 1.56 bits per heavy atom. The maximum atomic E-state index is 7.07. The number of hydrogen-bond acceptors (Lipinski definition) is 0. The van der Waals surface area contributed by atoms with Crippen molar-refractivity contribution in [1.29, 1.82) is 0 Å². The minimum atomic E-state index is -1.75. The van der Waals surface area contributed by atoms with E-state index in [2.05, 4.69) is 6.92 Å². The van der Waals surface area contributed by atoms with Crippen molar-refractivity contribution in [2.45, 2.75) is 38.0 Å². The maximum absolute atomic E-state index is 7.07. The fourth-order valence-electron chi connectivity index (χ4n) is 0.628. The summed E-state index contributed by atoms with van der Waals surface area (Å²) < 4.78 is 14.1. The van der Waals surface area contributed by atoms with E-state index in [0.29, 0.717) is 6.42 Å². The molecule has 0 aromatic rings. The predicted molar refractivity (Wildman–Crippen MR) is 44.5 cm³/mol. The summed E-state index contributed by atoms with van der Waals surface area (Å²) in [6, 6.07) is 0. The molecule has 0 N–H and O–H groups in total. The van der Waals surface area contributed by atoms with Crippen LogP contribution in [0.1, 0.15) is 35.3 Å². The maximum Gasteiger partial charge on any atom is 0.0471 e. The molecule has 0 aliphatic rings. The van der Waals surface area contributed by atoms with E-state index in [1.165, 1.54) is 0 Å². The molecule has 0 heterocycles. The zero-order chi connectivity index (χ0) is 8.91. The minimum absolute atomic E-state index is 0.560. The molecule has 0 saturated carbocycles. The summed E-state index contributed by atoms with van der Waals surface area (Å²) in [7, 11) is 0. The van der Waals surface area contributed by atoms with Gasteiger partial charge in [0.05, 0.1) is 0 Å². The van der Waals surface area contributed by atoms with Crippen molar-refractivity contribution in [3.8, 4) is 0 Å². The van der Waals surface area contributed by atoms with Gasteiger partial charge in [0.25, 0.3) is 0 Å². The molecule has 1 unspecified atom stereocenters. The van der Waals surface area contributed by atoms with E-state index in [9.17, 15) is 0 Å². The Kier molecular flexibility index (Phi) is 4.69. The summed E-state index contributed by atoms with van der Waals surface area (Å²) in [5.74, 6) is -1.75. The number of unbranched alkanes of at least 4 members (excludes halogenated alkanes) is 2. The molecule has 0 spiro atoms. The van der Waals surface area contributed by atoms with Crippen LogP contribution in [-0.4, -0.2) is 11.2 Å². The van der Waals surface area contributed by atoms with Crippen LogP contribution in [0.3, 0.4) is 0 Å². The molecule has 2 heteroatoms. The van der Waals surface area contributed by atoms with Crippen molar-refractivity contribution >= 4 is 23.2 Å². The third kappa shape index (κ3) is 6.47. The van der Waals surface area contributed by atoms with Gasteiger partial charge in [0, 0.05) is 14.0 Å². The summed E-state index contributed by atoms with van der Waals surface area (Å²) in [6.45, 7) is 2.10. The van der Waals surface area contributed by atoms with Gasteiger partial charge >= 0.3 is 0 Å². The fourth-order valence-corrected chi connectivity index (χ4v) is 0.892. The van der Waals surface area contributed by atoms with Crippen molar-refractivity contribution in [1.82, 2.24) is 0 Å². The average molecular weight is 171 g/mol. The Balaban J connectivity index is 3.44. The second kappa shape index (κ2) is 6.70. The lowest BCUT2D eigenvalue weighted by atomic mass is 10.2. The molecular formula is C7H14Cl2. The van der Waals surface area contributed by atoms with Gasteiger partial charge in [-0.15, -0.1) is 23.2 Å². The highest BCUT2D eigenvalue weighted by atomic mass is 35.5. The third-order valence-corrected chi connectivity index (χ3v) is 1.88. The SMILES string of the molecule is [2H]C([2H])(Cl)C(Cl)CCCCC. The number of halogens is 2. The summed E-state index contributed by atoms with van der Waals surface area (Å²) in [6.07, 6.45) is 3.83. The summed E-state index contributed by atoms with van der Waals surface area (Å²) in [5.41, 5.74) is 0. The third-order valence-electron chi connectivity index (χ3n) is 1.18. The highest BCUT2D eigenvalue weighted by Crippen LogP contribution is 2.09. The van der Waals surface area contributed by atoms with E-state index in [4.69, 9.17) is 25.9 Å². The Labute approximate surface area is 70.3 Å². The predicted octanol–water partition coefficient (Wildman–Crippen LogP) is 3.41. The van der Waals surface area contributed by atoms with Crippen LogP contribution in [0.2, 0.25) is 0 Å². The van der Waals surface area contributed by atoms with Crippen LogP contribution in [0.4, 0.5) is 0 Å². The molecule has 56 valence electrons. The summed E-state index contributed by atoms with van der Waals surface area (Å²) >= 11 is 11.0. The van der Waals surface area contributed by atoms with Crippen molar-refractivity contribution in [2.75, 3.05) is 5.83 Å². The highest BCUT2D eigenvalue weighted by molar-refractivity contribution is 6.28. The summed E-state index contributed by atoms with van der Waals surface area (Å²) in [4.78, 5) is 0. The molecule has 0 fully saturated rings. The molecule has 9 heavy (non-hydrogen) atoms. The van der Waals surface area contributed by atoms with Gasteiger partial charge in [-0.05, 0) is 6.42 Å². The van der Waals surface area contributed by atoms with E-state index in [0.717, 1.165) is 19.3 Å². The molecule has 0 bridgehead atoms. The Morgan fingerprint density at radius 2 is 2.22 bits per heavy atom. The summed E-state index contributed by atoms with van der Waals surface area (Å²) in [5, 5.41) is -0.560. The van der Waals surface area contributed by atoms with E-state index in [1.54, 1.807) is 0 Å². The normalized spacial score (nSPS) is 18.6. The van der Waals surface area contributed by atoms with Gasteiger partial charge in [-0.2, -0.15) is 0 Å². The molecule has 0 aliphatic heterocycles. The molecular weight excluding hydrogens is 155 g/mol. The van der Waals surface area contributed by atoms with Crippen LogP contribution in [-0.2, 0) is 0 Å². The Bertz CT molecular complexity index is 101. The number of hydrogen-bond donors (Lipinski definition) is 0. The van der Waals surface area contributed by atoms with Gasteiger partial charge in [0.1, 0.15) is 0 Å². The first-order valence-corrected chi connectivity index (χ1v) is 4.13. The molecule has 0 radical (unpaired) electrons. The van der Waals surface area contributed by atoms with Gasteiger partial charge in [-0.25, -0.2) is 0 Å². The van der Waals surface area contributed by atoms with Gasteiger partial charge in [-0.3, -0.25) is 0 Å². The van der Waals surface area contributed by atoms with Gasteiger partial charge in [-0.1, -0.05) is 26.2 Å². The van der Waals surface area contributed by atoms with Crippen molar-refractivity contribution in [3.05, 3.63) is 0 Å². The zero-order valence-electron chi connectivity index (χ0n) is 7.66. The van der Waals surface area contributed by atoms with Crippen molar-refractivity contribution < 1.29 is 2.74 Å². The van der Waals surface area contributed by atoms with Gasteiger partial charge in [0.15, 0.2) is 0 Å². The molecule has 0 saturated heterocycles. The van der Waals surface area contributed by atoms with Crippen LogP contribution < -0.4 is 0 Å². The molecule has 0 amide bonds. The molecule has 1 atom stereocenters. The number of rotatable bonds is 5. The van der Waals surface area contributed by atoms with E-state index in [1.807, 2.05) is 0 Å². The van der Waals surface area contributed by atoms with Crippen LogP contribution in [0.15, 0.2) is 0 Å². The lowest BCUT2D eigenvalue weighted by Gasteiger charge is -2.02. The highest BCUT2D eigenvalue weighted by Gasteiger charge is 1.99. The van der Waals surface area contributed by atoms with Crippen molar-refractivity contribution in [2.24, 2.45) is 0 Å². The van der Waals surface area contributed by atoms with Gasteiger partial charge < -0.3 is 0 Å². The molecule has 0 aromatic heterocycles. The molecule has 0 aliphatic carbocycles. The average Bonchev–Trinajstić information content (AvgIpc) is 1.86. The topological polar surface area (TPSA) is 0 Å². The lowest BCUT2D eigenvalue weighted by molar-refractivity contribution is 0.662. The fraction of sp³-hybridized carbons (Fsp3) is 1.00. The van der Waals surface area contributed by atoms with Crippen LogP contribution in [0.25, 0.3) is 0 Å².